The van der Waals surface area contributed by atoms with E-state index in [1.165, 1.54) is 6.07 Å². The standard InChI is InChI=1S/C20H16ClF3N4O/c21-17-7-6-15(9-16(17)20(22,23)24)28-19(29)27-10-12-1-3-13(4-2-12)14-5-8-18(25)26-11-14/h1-9,11H,10H2,(H2,25,26)(H2,27,28,29). The third kappa shape index (κ3) is 5.39. The smallest absolute Gasteiger partial charge is 0.384 e. The van der Waals surface area contributed by atoms with Crippen LogP contribution >= 0.6 is 11.6 Å². The van der Waals surface area contributed by atoms with Crippen molar-refractivity contribution < 1.29 is 18.0 Å². The van der Waals surface area contributed by atoms with E-state index in [0.29, 0.717) is 5.82 Å². The van der Waals surface area contributed by atoms with Crippen LogP contribution < -0.4 is 16.4 Å². The Morgan fingerprint density at radius 1 is 1.03 bits per heavy atom. The normalized spacial score (nSPS) is 11.2. The van der Waals surface area contributed by atoms with E-state index in [4.69, 9.17) is 17.3 Å². The van der Waals surface area contributed by atoms with Crippen molar-refractivity contribution in [2.45, 2.75) is 12.7 Å². The van der Waals surface area contributed by atoms with Crippen molar-refractivity contribution in [2.24, 2.45) is 0 Å². The number of hydrogen-bond donors (Lipinski definition) is 3. The minimum Gasteiger partial charge on any atom is -0.384 e. The van der Waals surface area contributed by atoms with Crippen LogP contribution in [0.3, 0.4) is 0 Å². The fourth-order valence-corrected chi connectivity index (χ4v) is 2.79. The summed E-state index contributed by atoms with van der Waals surface area (Å²) in [4.78, 5) is 16.0. The number of alkyl halides is 3. The first-order valence-electron chi connectivity index (χ1n) is 8.45. The minimum atomic E-state index is -4.60. The molecule has 0 fully saturated rings. The lowest BCUT2D eigenvalue weighted by molar-refractivity contribution is -0.137. The highest BCUT2D eigenvalue weighted by Crippen LogP contribution is 2.36. The number of nitrogens with two attached hydrogens (primary N) is 1. The van der Waals surface area contributed by atoms with Crippen LogP contribution in [0.2, 0.25) is 5.02 Å². The van der Waals surface area contributed by atoms with Crippen molar-refractivity contribution in [1.82, 2.24) is 10.3 Å². The van der Waals surface area contributed by atoms with Crippen LogP contribution in [-0.2, 0) is 12.7 Å². The quantitative estimate of drug-likeness (QED) is 0.534. The van der Waals surface area contributed by atoms with E-state index in [1.807, 2.05) is 30.3 Å². The number of benzene rings is 2. The van der Waals surface area contributed by atoms with Gasteiger partial charge in [0.2, 0.25) is 0 Å². The molecule has 1 aromatic heterocycles. The Labute approximate surface area is 169 Å². The van der Waals surface area contributed by atoms with E-state index in [0.717, 1.165) is 28.8 Å². The lowest BCUT2D eigenvalue weighted by Crippen LogP contribution is -2.28. The van der Waals surface area contributed by atoms with Crippen LogP contribution in [0.4, 0.5) is 29.5 Å². The lowest BCUT2D eigenvalue weighted by atomic mass is 10.1. The van der Waals surface area contributed by atoms with Crippen molar-refractivity contribution in [3.8, 4) is 11.1 Å². The summed E-state index contributed by atoms with van der Waals surface area (Å²) in [7, 11) is 0. The number of aromatic nitrogens is 1. The molecule has 0 saturated heterocycles. The van der Waals surface area contributed by atoms with Gasteiger partial charge in [0.1, 0.15) is 5.82 Å². The number of nitrogen functional groups attached to an aromatic ring is 1. The highest BCUT2D eigenvalue weighted by Gasteiger charge is 2.33. The number of nitrogens with zero attached hydrogens (tertiary/aromatic N) is 1. The van der Waals surface area contributed by atoms with E-state index in [-0.39, 0.29) is 12.2 Å². The number of carbonyl (C=O) groups excluding carboxylic acids is 1. The Kier molecular flexibility index (Phi) is 5.93. The van der Waals surface area contributed by atoms with Crippen molar-refractivity contribution in [1.29, 1.82) is 0 Å². The summed E-state index contributed by atoms with van der Waals surface area (Å²) in [5.41, 5.74) is 7.21. The van der Waals surface area contributed by atoms with Crippen LogP contribution in [0.5, 0.6) is 0 Å². The molecule has 2 amide bonds. The van der Waals surface area contributed by atoms with Gasteiger partial charge in [-0.05, 0) is 41.5 Å². The number of urea groups is 1. The van der Waals surface area contributed by atoms with E-state index < -0.39 is 22.8 Å². The SMILES string of the molecule is Nc1ccc(-c2ccc(CNC(=O)Nc3ccc(Cl)c(C(F)(F)F)c3)cc2)cn1. The van der Waals surface area contributed by atoms with E-state index >= 15 is 0 Å². The summed E-state index contributed by atoms with van der Waals surface area (Å²) in [6.45, 7) is 0.200. The van der Waals surface area contributed by atoms with Gasteiger partial charge in [-0.1, -0.05) is 35.9 Å². The molecular weight excluding hydrogens is 405 g/mol. The zero-order chi connectivity index (χ0) is 21.0. The number of carbonyl (C=O) groups is 1. The molecule has 9 heteroatoms. The first kappa shape index (κ1) is 20.5. The first-order chi connectivity index (χ1) is 13.7. The van der Waals surface area contributed by atoms with Crippen molar-refractivity contribution in [3.05, 3.63) is 76.9 Å². The maximum atomic E-state index is 12.9. The highest BCUT2D eigenvalue weighted by molar-refractivity contribution is 6.31. The summed E-state index contributed by atoms with van der Waals surface area (Å²) >= 11 is 5.56. The largest absolute Gasteiger partial charge is 0.417 e. The highest BCUT2D eigenvalue weighted by atomic mass is 35.5. The van der Waals surface area contributed by atoms with Gasteiger partial charge in [0.05, 0.1) is 10.6 Å². The monoisotopic (exact) mass is 420 g/mol. The maximum absolute atomic E-state index is 12.9. The number of pyridine rings is 1. The van der Waals surface area contributed by atoms with Crippen LogP contribution in [-0.4, -0.2) is 11.0 Å². The van der Waals surface area contributed by atoms with E-state index in [9.17, 15) is 18.0 Å². The average molecular weight is 421 g/mol. The molecule has 0 bridgehead atoms. The lowest BCUT2D eigenvalue weighted by Gasteiger charge is -2.12. The number of rotatable bonds is 4. The predicted octanol–water partition coefficient (Wildman–Crippen LogP) is 5.32. The third-order valence-corrected chi connectivity index (χ3v) is 4.39. The summed E-state index contributed by atoms with van der Waals surface area (Å²) in [5, 5.41) is 4.53. The number of hydrogen-bond acceptors (Lipinski definition) is 3. The number of amides is 2. The Bertz CT molecular complexity index is 1010. The molecule has 0 spiro atoms. The van der Waals surface area contributed by atoms with Crippen molar-refractivity contribution in [3.63, 3.8) is 0 Å². The Hall–Kier alpha value is -3.26. The molecule has 0 aliphatic heterocycles. The first-order valence-corrected chi connectivity index (χ1v) is 8.82. The molecule has 0 aliphatic carbocycles. The van der Waals surface area contributed by atoms with Gasteiger partial charge in [0, 0.05) is 24.0 Å². The van der Waals surface area contributed by atoms with Crippen LogP contribution in [0, 0.1) is 0 Å². The summed E-state index contributed by atoms with van der Waals surface area (Å²) in [5.74, 6) is 0.434. The fraction of sp³-hybridized carbons (Fsp3) is 0.100. The minimum absolute atomic E-state index is 0.00887. The van der Waals surface area contributed by atoms with E-state index in [1.54, 1.807) is 12.3 Å². The third-order valence-electron chi connectivity index (χ3n) is 4.06. The molecule has 150 valence electrons. The van der Waals surface area contributed by atoms with Gasteiger partial charge < -0.3 is 16.4 Å². The van der Waals surface area contributed by atoms with Gasteiger partial charge >= 0.3 is 12.2 Å². The van der Waals surface area contributed by atoms with Crippen molar-refractivity contribution >= 4 is 29.1 Å². The molecular formula is C20H16ClF3N4O. The van der Waals surface area contributed by atoms with Gasteiger partial charge in [-0.25, -0.2) is 9.78 Å². The fourth-order valence-electron chi connectivity index (χ4n) is 2.57. The second kappa shape index (κ2) is 8.40. The second-order valence-corrected chi connectivity index (χ2v) is 6.58. The van der Waals surface area contributed by atoms with Crippen LogP contribution in [0.15, 0.2) is 60.8 Å². The average Bonchev–Trinajstić information content (AvgIpc) is 2.68. The molecule has 2 aromatic carbocycles. The molecule has 0 aliphatic rings. The molecule has 0 atom stereocenters. The van der Waals surface area contributed by atoms with Gasteiger partial charge in [0.25, 0.3) is 0 Å². The summed E-state index contributed by atoms with van der Waals surface area (Å²) in [6.07, 6.45) is -2.94. The molecule has 5 nitrogen and oxygen atoms in total. The van der Waals surface area contributed by atoms with Gasteiger partial charge in [-0.15, -0.1) is 0 Å². The Morgan fingerprint density at radius 2 is 1.72 bits per heavy atom. The molecule has 0 saturated carbocycles. The topological polar surface area (TPSA) is 80.0 Å². The molecule has 3 aromatic rings. The van der Waals surface area contributed by atoms with Crippen LogP contribution in [0.1, 0.15) is 11.1 Å². The predicted molar refractivity (Wildman–Crippen MR) is 106 cm³/mol. The zero-order valence-corrected chi connectivity index (χ0v) is 15.7. The molecule has 29 heavy (non-hydrogen) atoms. The maximum Gasteiger partial charge on any atom is 0.417 e. The number of anilines is 2. The number of halogens is 4. The molecule has 3 rings (SSSR count). The van der Waals surface area contributed by atoms with Crippen molar-refractivity contribution in [2.75, 3.05) is 11.1 Å². The molecule has 0 radical (unpaired) electrons. The molecule has 4 N–H and O–H groups in total. The molecule has 1 heterocycles. The van der Waals surface area contributed by atoms with Gasteiger partial charge in [-0.2, -0.15) is 13.2 Å². The van der Waals surface area contributed by atoms with Gasteiger partial charge in [-0.3, -0.25) is 0 Å². The number of nitrogens with one attached hydrogen (secondary N) is 2. The Morgan fingerprint density at radius 3 is 2.34 bits per heavy atom. The van der Waals surface area contributed by atoms with Crippen LogP contribution in [0.25, 0.3) is 11.1 Å². The molecule has 0 unspecified atom stereocenters. The Balaban J connectivity index is 1.59. The summed E-state index contributed by atoms with van der Waals surface area (Å²) in [6, 6.07) is 13.5. The second-order valence-electron chi connectivity index (χ2n) is 6.17. The van der Waals surface area contributed by atoms with E-state index in [2.05, 4.69) is 15.6 Å². The van der Waals surface area contributed by atoms with Gasteiger partial charge in [0.15, 0.2) is 0 Å². The zero-order valence-electron chi connectivity index (χ0n) is 14.9. The summed E-state index contributed by atoms with van der Waals surface area (Å²) < 4.78 is 38.7.